The van der Waals surface area contributed by atoms with E-state index in [1.165, 1.54) is 9.80 Å². The van der Waals surface area contributed by atoms with Crippen LogP contribution in [-0.4, -0.2) is 27.3 Å². The molecular weight excluding hydrogens is 372 g/mol. The molecule has 1 nitrogen and oxygen atoms in total. The second-order valence-electron chi connectivity index (χ2n) is 5.35. The molecule has 5 heteroatoms. The molecule has 0 spiro atoms. The van der Waals surface area contributed by atoms with Crippen molar-refractivity contribution in [1.29, 1.82) is 0 Å². The van der Waals surface area contributed by atoms with Crippen molar-refractivity contribution in [3.05, 3.63) is 40.1 Å². The van der Waals surface area contributed by atoms with Crippen molar-refractivity contribution in [2.75, 3.05) is 23.0 Å². The summed E-state index contributed by atoms with van der Waals surface area (Å²) in [6.45, 7) is 8.92. The molecule has 0 fully saturated rings. The zero-order valence-corrected chi connectivity index (χ0v) is 18.3. The molecule has 2 rings (SSSR count). The van der Waals surface area contributed by atoms with Crippen LogP contribution in [0.1, 0.15) is 45.6 Å². The Hall–Kier alpha value is 0.160. The Labute approximate surface area is 164 Å². The molecule has 0 amide bonds. The summed E-state index contributed by atoms with van der Waals surface area (Å²) in [6, 6.07) is 8.59. The van der Waals surface area contributed by atoms with Gasteiger partial charge in [0.1, 0.15) is 5.75 Å². The molecule has 0 radical (unpaired) electrons. The van der Waals surface area contributed by atoms with Gasteiger partial charge in [-0.05, 0) is 29.1 Å². The fourth-order valence-electron chi connectivity index (χ4n) is 2.86. The molecule has 0 aromatic heterocycles. The molecule has 1 aromatic carbocycles. The molecule has 1 aliphatic heterocycles. The maximum Gasteiger partial charge on any atom is 0.202 e. The molecule has 1 heterocycles. The van der Waals surface area contributed by atoms with E-state index in [0.29, 0.717) is 5.92 Å². The number of fused-ring (bicyclic) bond motifs is 1. The summed E-state index contributed by atoms with van der Waals surface area (Å²) >= 11 is 7.82. The molecule has 0 aliphatic carbocycles. The Morgan fingerprint density at radius 3 is 2.25 bits per heavy atom. The summed E-state index contributed by atoms with van der Waals surface area (Å²) in [7, 11) is 0. The number of ether oxygens (including phenoxy) is 1. The van der Waals surface area contributed by atoms with Crippen molar-refractivity contribution >= 4 is 47.0 Å². The molecule has 1 unspecified atom stereocenters. The molecule has 134 valence electrons. The van der Waals surface area contributed by atoms with Gasteiger partial charge in [-0.25, -0.2) is 0 Å². The van der Waals surface area contributed by atoms with E-state index in [0.717, 1.165) is 35.2 Å². The lowest BCUT2D eigenvalue weighted by molar-refractivity contribution is 0.217. The lowest BCUT2D eigenvalue weighted by Gasteiger charge is -2.40. The van der Waals surface area contributed by atoms with Gasteiger partial charge in [-0.3, -0.25) is 0 Å². The fraction of sp³-hybridized carbons (Fsp3) is 0.579. The third kappa shape index (κ3) is 5.33. The monoisotopic (exact) mass is 400 g/mol. The Bertz CT molecular complexity index is 530. The largest absolute Gasteiger partial charge is 0.467 e. The van der Waals surface area contributed by atoms with Crippen molar-refractivity contribution in [3.63, 3.8) is 0 Å². The van der Waals surface area contributed by atoms with E-state index in [2.05, 4.69) is 58.0 Å². The second-order valence-corrected chi connectivity index (χ2v) is 11.5. The van der Waals surface area contributed by atoms with Gasteiger partial charge in [0.15, 0.2) is 0 Å². The molecule has 1 aromatic rings. The molecular formula is C19H28OS4. The van der Waals surface area contributed by atoms with Crippen LogP contribution in [-0.2, 0) is 0 Å². The normalized spacial score (nSPS) is 18.6. The van der Waals surface area contributed by atoms with Crippen molar-refractivity contribution in [3.8, 4) is 5.75 Å². The van der Waals surface area contributed by atoms with Crippen molar-refractivity contribution < 1.29 is 4.74 Å². The summed E-state index contributed by atoms with van der Waals surface area (Å²) in [5, 5.41) is 0. The zero-order chi connectivity index (χ0) is 17.4. The van der Waals surface area contributed by atoms with Crippen molar-refractivity contribution in [2.45, 2.75) is 44.3 Å². The first-order valence-electron chi connectivity index (χ1n) is 8.71. The van der Waals surface area contributed by atoms with Crippen molar-refractivity contribution in [2.24, 2.45) is 0 Å². The quantitative estimate of drug-likeness (QED) is 0.409. The number of hydrogen-bond acceptors (Lipinski definition) is 5. The highest BCUT2D eigenvalue weighted by molar-refractivity contribution is 8.22. The first-order chi connectivity index (χ1) is 11.7. The molecule has 0 saturated carbocycles. The summed E-state index contributed by atoms with van der Waals surface area (Å²) in [5.74, 6) is 5.90. The predicted molar refractivity (Wildman–Crippen MR) is 118 cm³/mol. The average Bonchev–Trinajstić information content (AvgIpc) is 2.56. The second kappa shape index (κ2) is 10.3. The van der Waals surface area contributed by atoms with Crippen LogP contribution < -0.4 is 4.74 Å². The van der Waals surface area contributed by atoms with Crippen LogP contribution >= 0.6 is 47.0 Å². The van der Waals surface area contributed by atoms with E-state index in [1.807, 2.05) is 47.0 Å². The van der Waals surface area contributed by atoms with Crippen LogP contribution in [0.15, 0.2) is 34.6 Å². The minimum atomic E-state index is -0.155. The molecule has 0 N–H and O–H groups in total. The highest BCUT2D eigenvalue weighted by atomic mass is 32.2. The highest BCUT2D eigenvalue weighted by Gasteiger charge is 2.40. The smallest absolute Gasteiger partial charge is 0.202 e. The van der Waals surface area contributed by atoms with Gasteiger partial charge < -0.3 is 4.74 Å². The lowest BCUT2D eigenvalue weighted by Crippen LogP contribution is -2.35. The maximum atomic E-state index is 6.52. The zero-order valence-electron chi connectivity index (χ0n) is 15.0. The van der Waals surface area contributed by atoms with Gasteiger partial charge in [0.25, 0.3) is 0 Å². The first-order valence-corrected chi connectivity index (χ1v) is 12.7. The SMILES string of the molecule is CCSC(=CC1CC(SCC)(SCC)Oc2ccccc21)SCC. The molecule has 24 heavy (non-hydrogen) atoms. The fourth-order valence-corrected chi connectivity index (χ4v) is 7.80. The van der Waals surface area contributed by atoms with Gasteiger partial charge in [-0.1, -0.05) is 52.0 Å². The van der Waals surface area contributed by atoms with Crippen LogP contribution in [0.4, 0.5) is 0 Å². The molecule has 1 atom stereocenters. The Morgan fingerprint density at radius 2 is 1.67 bits per heavy atom. The summed E-state index contributed by atoms with van der Waals surface area (Å²) < 4.78 is 7.82. The van der Waals surface area contributed by atoms with Crippen LogP contribution in [0, 0.1) is 0 Å². The minimum absolute atomic E-state index is 0.155. The van der Waals surface area contributed by atoms with Gasteiger partial charge in [0.2, 0.25) is 4.27 Å². The van der Waals surface area contributed by atoms with E-state index in [-0.39, 0.29) is 4.27 Å². The first kappa shape index (κ1) is 20.5. The van der Waals surface area contributed by atoms with E-state index >= 15 is 0 Å². The third-order valence-electron chi connectivity index (χ3n) is 3.69. The van der Waals surface area contributed by atoms with E-state index in [4.69, 9.17) is 4.74 Å². The number of para-hydroxylation sites is 1. The van der Waals surface area contributed by atoms with Crippen LogP contribution in [0.3, 0.4) is 0 Å². The van der Waals surface area contributed by atoms with Gasteiger partial charge in [0, 0.05) is 22.1 Å². The molecule has 1 aliphatic rings. The van der Waals surface area contributed by atoms with Crippen LogP contribution in [0.2, 0.25) is 0 Å². The topological polar surface area (TPSA) is 9.23 Å². The number of rotatable bonds is 9. The van der Waals surface area contributed by atoms with Gasteiger partial charge in [-0.15, -0.1) is 47.0 Å². The summed E-state index contributed by atoms with van der Waals surface area (Å²) in [4.78, 5) is 0. The average molecular weight is 401 g/mol. The van der Waals surface area contributed by atoms with Crippen molar-refractivity contribution in [1.82, 2.24) is 0 Å². The van der Waals surface area contributed by atoms with E-state index in [9.17, 15) is 0 Å². The number of allylic oxidation sites excluding steroid dienone is 1. The van der Waals surface area contributed by atoms with E-state index < -0.39 is 0 Å². The predicted octanol–water partition coefficient (Wildman–Crippen LogP) is 7.06. The summed E-state index contributed by atoms with van der Waals surface area (Å²) in [6.07, 6.45) is 3.53. The Morgan fingerprint density at radius 1 is 1.04 bits per heavy atom. The summed E-state index contributed by atoms with van der Waals surface area (Å²) in [5.41, 5.74) is 1.34. The standard InChI is InChI=1S/C19H28OS4/c1-5-21-18(22-6-2)13-15-14-19(23-7-3,24-8-4)20-17-12-10-9-11-16(15)17/h9-13,15H,5-8,14H2,1-4H3. The Balaban J connectivity index is 2.38. The van der Waals surface area contributed by atoms with Gasteiger partial charge >= 0.3 is 0 Å². The van der Waals surface area contributed by atoms with Crippen LogP contribution in [0.5, 0.6) is 5.75 Å². The van der Waals surface area contributed by atoms with Gasteiger partial charge in [-0.2, -0.15) is 0 Å². The van der Waals surface area contributed by atoms with Crippen LogP contribution in [0.25, 0.3) is 0 Å². The number of thioether (sulfide) groups is 4. The minimum Gasteiger partial charge on any atom is -0.467 e. The Kier molecular flexibility index (Phi) is 8.82. The van der Waals surface area contributed by atoms with Gasteiger partial charge in [0.05, 0.1) is 0 Å². The highest BCUT2D eigenvalue weighted by Crippen LogP contribution is 2.52. The number of benzene rings is 1. The molecule has 0 bridgehead atoms. The third-order valence-corrected chi connectivity index (χ3v) is 8.48. The molecule has 0 saturated heterocycles. The number of hydrogen-bond donors (Lipinski definition) is 0. The maximum absolute atomic E-state index is 6.52. The lowest BCUT2D eigenvalue weighted by atomic mass is 9.93. The van der Waals surface area contributed by atoms with E-state index in [1.54, 1.807) is 0 Å².